The van der Waals surface area contributed by atoms with Crippen LogP contribution in [0.2, 0.25) is 0 Å². The Morgan fingerprint density at radius 2 is 1.42 bits per heavy atom. The van der Waals surface area contributed by atoms with E-state index in [2.05, 4.69) is 4.99 Å². The lowest BCUT2D eigenvalue weighted by atomic mass is 10.0. The van der Waals surface area contributed by atoms with Crippen molar-refractivity contribution in [2.45, 2.75) is 5.91 Å². The first-order chi connectivity index (χ1) is 12.4. The normalized spacial score (nSPS) is 26.1. The van der Waals surface area contributed by atoms with Crippen molar-refractivity contribution in [1.29, 1.82) is 0 Å². The minimum atomic E-state index is -2.51. The molecule has 0 saturated carbocycles. The number of benzene rings is 1. The van der Waals surface area contributed by atoms with E-state index < -0.39 is 35.7 Å². The topological polar surface area (TPSA) is 138 Å². The highest BCUT2D eigenvalue weighted by atomic mass is 16.7. The van der Waals surface area contributed by atoms with E-state index in [1.54, 1.807) is 0 Å². The average molecular weight is 357 g/mol. The molecule has 0 radical (unpaired) electrons. The molecular formula is C16H7NO9. The lowest BCUT2D eigenvalue weighted by Gasteiger charge is -2.21. The molecule has 0 aromatic heterocycles. The molecular weight excluding hydrogens is 350 g/mol. The van der Waals surface area contributed by atoms with Crippen LogP contribution in [0.25, 0.3) is 0 Å². The monoisotopic (exact) mass is 357 g/mol. The molecule has 2 bridgehead atoms. The number of esters is 4. The molecule has 130 valence electrons. The van der Waals surface area contributed by atoms with Crippen LogP contribution in [0.3, 0.4) is 0 Å². The molecule has 3 aliphatic rings. The van der Waals surface area contributed by atoms with Gasteiger partial charge in [-0.2, -0.15) is 4.99 Å². The van der Waals surface area contributed by atoms with E-state index in [-0.39, 0.29) is 22.6 Å². The van der Waals surface area contributed by atoms with Crippen molar-refractivity contribution >= 4 is 29.8 Å². The maximum Gasteiger partial charge on any atom is 0.345 e. The van der Waals surface area contributed by atoms with Crippen molar-refractivity contribution in [1.82, 2.24) is 0 Å². The number of carbonyl (C=O) groups excluding carboxylic acids is 4. The summed E-state index contributed by atoms with van der Waals surface area (Å²) in [6.07, 6.45) is 3.24. The Bertz CT molecular complexity index is 988. The van der Waals surface area contributed by atoms with Crippen LogP contribution < -0.4 is 9.47 Å². The summed E-state index contributed by atoms with van der Waals surface area (Å²) in [7, 11) is 0. The lowest BCUT2D eigenvalue weighted by Crippen LogP contribution is -2.28. The highest BCUT2D eigenvalue weighted by molar-refractivity contribution is 6.10. The van der Waals surface area contributed by atoms with Gasteiger partial charge >= 0.3 is 29.8 Å². The molecule has 26 heavy (non-hydrogen) atoms. The zero-order valence-electron chi connectivity index (χ0n) is 12.6. The van der Waals surface area contributed by atoms with E-state index in [1.807, 2.05) is 0 Å². The van der Waals surface area contributed by atoms with E-state index in [1.165, 1.54) is 12.1 Å². The molecule has 1 aromatic carbocycles. The summed E-state index contributed by atoms with van der Waals surface area (Å²) in [5, 5.41) is 10.6. The molecule has 10 nitrogen and oxygen atoms in total. The van der Waals surface area contributed by atoms with Crippen molar-refractivity contribution in [3.8, 4) is 11.5 Å². The molecule has 1 atom stereocenters. The fourth-order valence-electron chi connectivity index (χ4n) is 2.49. The van der Waals surface area contributed by atoms with Crippen molar-refractivity contribution in [2.24, 2.45) is 4.99 Å². The van der Waals surface area contributed by atoms with Crippen molar-refractivity contribution in [3.63, 3.8) is 0 Å². The van der Waals surface area contributed by atoms with E-state index in [0.29, 0.717) is 0 Å². The fourth-order valence-corrected chi connectivity index (χ4v) is 2.49. The molecule has 1 unspecified atom stereocenters. The van der Waals surface area contributed by atoms with Crippen LogP contribution in [0.4, 0.5) is 0 Å². The van der Waals surface area contributed by atoms with Crippen molar-refractivity contribution in [3.05, 3.63) is 47.6 Å². The Labute approximate surface area is 143 Å². The largest absolute Gasteiger partial charge is 0.419 e. The summed E-state index contributed by atoms with van der Waals surface area (Å²) in [4.78, 5) is 50.6. The zero-order chi connectivity index (χ0) is 18.5. The second-order valence-corrected chi connectivity index (χ2v) is 5.19. The quantitative estimate of drug-likeness (QED) is 0.485. The standard InChI is InChI=1S/C16H7NO9/c18-9-3-4-10(19)24-14-8(23-9)2-1-7-13(14)15-17-16(7,22)26-12(21)6-5-11(20)25-15/h1-6,22H/b4-3+,6-5+. The third-order valence-electron chi connectivity index (χ3n) is 3.50. The van der Waals surface area contributed by atoms with Gasteiger partial charge in [-0.05, 0) is 12.1 Å². The Balaban J connectivity index is 1.94. The summed E-state index contributed by atoms with van der Waals surface area (Å²) in [5.74, 6) is -7.29. The van der Waals surface area contributed by atoms with Gasteiger partial charge in [0.15, 0.2) is 11.5 Å². The van der Waals surface area contributed by atoms with E-state index in [9.17, 15) is 24.3 Å². The van der Waals surface area contributed by atoms with Gasteiger partial charge in [0.25, 0.3) is 0 Å². The van der Waals surface area contributed by atoms with Crippen LogP contribution in [-0.4, -0.2) is 34.9 Å². The Hall–Kier alpha value is -3.79. The molecule has 3 aliphatic heterocycles. The van der Waals surface area contributed by atoms with Gasteiger partial charge in [-0.3, -0.25) is 0 Å². The maximum atomic E-state index is 11.8. The summed E-state index contributed by atoms with van der Waals surface area (Å²) < 4.78 is 20.0. The van der Waals surface area contributed by atoms with Crippen LogP contribution in [0.1, 0.15) is 11.1 Å². The number of fused-ring (bicyclic) bond motifs is 6. The van der Waals surface area contributed by atoms with Crippen LogP contribution in [0.15, 0.2) is 41.4 Å². The van der Waals surface area contributed by atoms with Crippen LogP contribution in [0.5, 0.6) is 11.5 Å². The minimum Gasteiger partial charge on any atom is -0.419 e. The number of aliphatic imine (C=N–C) groups is 1. The maximum absolute atomic E-state index is 11.8. The number of hydrogen-bond acceptors (Lipinski definition) is 10. The summed E-state index contributed by atoms with van der Waals surface area (Å²) >= 11 is 0. The molecule has 0 spiro atoms. The average Bonchev–Trinajstić information content (AvgIpc) is 2.85. The number of carbonyl (C=O) groups is 4. The second kappa shape index (κ2) is 5.36. The number of ether oxygens (including phenoxy) is 4. The van der Waals surface area contributed by atoms with Gasteiger partial charge in [0.05, 0.1) is 11.1 Å². The van der Waals surface area contributed by atoms with E-state index in [0.717, 1.165) is 24.3 Å². The van der Waals surface area contributed by atoms with Crippen LogP contribution in [0, 0.1) is 0 Å². The van der Waals surface area contributed by atoms with Gasteiger partial charge in [-0.25, -0.2) is 19.2 Å². The van der Waals surface area contributed by atoms with Gasteiger partial charge in [0, 0.05) is 24.3 Å². The molecule has 3 heterocycles. The summed E-state index contributed by atoms with van der Waals surface area (Å²) in [5.41, 5.74) is -0.311. The SMILES string of the molecule is O=C1/C=C/C(=O)OC2(O)N=C(O1)c1c2ccc2c1OC(=O)/C=C/C(=O)O2. The molecule has 0 saturated heterocycles. The van der Waals surface area contributed by atoms with Gasteiger partial charge in [0.1, 0.15) is 0 Å². The van der Waals surface area contributed by atoms with Crippen molar-refractivity contribution in [2.75, 3.05) is 0 Å². The molecule has 0 amide bonds. The molecule has 0 fully saturated rings. The highest BCUT2D eigenvalue weighted by Gasteiger charge is 2.47. The molecule has 1 aromatic rings. The molecule has 1 N–H and O–H groups in total. The first-order valence-electron chi connectivity index (χ1n) is 7.10. The first kappa shape index (κ1) is 15.7. The lowest BCUT2D eigenvalue weighted by molar-refractivity contribution is -0.204. The number of rotatable bonds is 0. The van der Waals surface area contributed by atoms with Gasteiger partial charge in [0.2, 0.25) is 5.90 Å². The van der Waals surface area contributed by atoms with Crippen molar-refractivity contribution < 1.29 is 43.2 Å². The molecule has 10 heteroatoms. The molecule has 4 rings (SSSR count). The minimum absolute atomic E-state index is 0.142. The van der Waals surface area contributed by atoms with Crippen LogP contribution >= 0.6 is 0 Å². The highest BCUT2D eigenvalue weighted by Crippen LogP contribution is 2.45. The summed E-state index contributed by atoms with van der Waals surface area (Å²) in [6.45, 7) is 0. The van der Waals surface area contributed by atoms with E-state index in [4.69, 9.17) is 18.9 Å². The second-order valence-electron chi connectivity index (χ2n) is 5.19. The number of nitrogens with zero attached hydrogens (tertiary/aromatic N) is 1. The Morgan fingerprint density at radius 1 is 0.808 bits per heavy atom. The predicted molar refractivity (Wildman–Crippen MR) is 78.6 cm³/mol. The summed E-state index contributed by atoms with van der Waals surface area (Å²) in [6, 6.07) is 2.43. The fraction of sp³-hybridized carbons (Fsp3) is 0.0625. The van der Waals surface area contributed by atoms with Gasteiger partial charge in [-0.1, -0.05) is 0 Å². The third-order valence-corrected chi connectivity index (χ3v) is 3.50. The Kier molecular flexibility index (Phi) is 3.24. The first-order valence-corrected chi connectivity index (χ1v) is 7.10. The predicted octanol–water partition coefficient (Wildman–Crippen LogP) is -0.414. The third kappa shape index (κ3) is 2.45. The van der Waals surface area contributed by atoms with E-state index >= 15 is 0 Å². The number of hydrogen-bond donors (Lipinski definition) is 1. The van der Waals surface area contributed by atoms with Crippen LogP contribution in [-0.2, 0) is 34.6 Å². The zero-order valence-corrected chi connectivity index (χ0v) is 12.6. The number of aliphatic hydroxyl groups is 1. The van der Waals surface area contributed by atoms with Gasteiger partial charge in [-0.15, -0.1) is 0 Å². The smallest absolute Gasteiger partial charge is 0.345 e. The molecule has 0 aliphatic carbocycles. The Morgan fingerprint density at radius 3 is 2.15 bits per heavy atom. The van der Waals surface area contributed by atoms with Gasteiger partial charge < -0.3 is 24.1 Å².